The van der Waals surface area contributed by atoms with Gasteiger partial charge in [-0.2, -0.15) is 0 Å². The fraction of sp³-hybridized carbons (Fsp3) is 0.333. The highest BCUT2D eigenvalue weighted by Gasteiger charge is 2.39. The van der Waals surface area contributed by atoms with Crippen molar-refractivity contribution in [2.24, 2.45) is 5.92 Å². The number of phenols is 1. The fourth-order valence-electron chi connectivity index (χ4n) is 8.59. The highest BCUT2D eigenvalue weighted by Crippen LogP contribution is 2.37. The van der Waals surface area contributed by atoms with Gasteiger partial charge in [-0.1, -0.05) is 54.6 Å². The number of anilines is 2. The lowest BCUT2D eigenvalue weighted by Gasteiger charge is -2.36. The van der Waals surface area contributed by atoms with Crippen LogP contribution < -0.4 is 15.1 Å². The normalized spacial score (nSPS) is 20.0. The number of benzene rings is 4. The monoisotopic (exact) mass is 737 g/mol. The zero-order chi connectivity index (χ0) is 37.9. The number of hydrogen-bond acceptors (Lipinski definition) is 8. The van der Waals surface area contributed by atoms with E-state index in [2.05, 4.69) is 74.6 Å². The first-order chi connectivity index (χ1) is 26.8. The van der Waals surface area contributed by atoms with Crippen LogP contribution in [0.5, 0.6) is 5.75 Å². The molecule has 2 N–H and O–H groups in total. The first kappa shape index (κ1) is 36.2. The summed E-state index contributed by atoms with van der Waals surface area (Å²) in [4.78, 5) is 57.6. The largest absolute Gasteiger partial charge is 0.508 e. The van der Waals surface area contributed by atoms with E-state index in [1.807, 2.05) is 30.3 Å². The lowest BCUT2D eigenvalue weighted by atomic mass is 9.87. The number of piperazine rings is 1. The Morgan fingerprint density at radius 3 is 2.05 bits per heavy atom. The van der Waals surface area contributed by atoms with Gasteiger partial charge < -0.3 is 24.6 Å². The van der Waals surface area contributed by atoms with Gasteiger partial charge in [0.25, 0.3) is 5.91 Å². The van der Waals surface area contributed by atoms with Gasteiger partial charge in [-0.3, -0.25) is 24.6 Å². The Bertz CT molecular complexity index is 2080. The van der Waals surface area contributed by atoms with Crippen molar-refractivity contribution in [3.63, 3.8) is 0 Å². The second-order valence-electron chi connectivity index (χ2n) is 15.1. The Morgan fingerprint density at radius 2 is 1.38 bits per heavy atom. The number of nitrogens with one attached hydrogen (secondary N) is 1. The molecule has 0 saturated carbocycles. The molecule has 1 atom stereocenters. The third-order valence-electron chi connectivity index (χ3n) is 11.8. The second kappa shape index (κ2) is 15.9. The number of hydrogen-bond donors (Lipinski definition) is 2. The van der Waals surface area contributed by atoms with Gasteiger partial charge in [0.05, 0.1) is 0 Å². The summed E-state index contributed by atoms with van der Waals surface area (Å²) in [5, 5.41) is 12.6. The Kier molecular flexibility index (Phi) is 10.5. The Labute approximate surface area is 322 Å². The summed E-state index contributed by atoms with van der Waals surface area (Å²) < 4.78 is 0. The lowest BCUT2D eigenvalue weighted by molar-refractivity contribution is -0.136. The molecule has 8 rings (SSSR count). The van der Waals surface area contributed by atoms with Crippen LogP contribution in [0, 0.1) is 5.92 Å². The molecule has 4 aromatic rings. The van der Waals surface area contributed by atoms with Crippen LogP contribution in [-0.2, 0) is 20.9 Å². The fourth-order valence-corrected chi connectivity index (χ4v) is 8.59. The van der Waals surface area contributed by atoms with Crippen molar-refractivity contribution >= 4 is 46.5 Å². The number of piperidine rings is 2. The molecule has 282 valence electrons. The van der Waals surface area contributed by atoms with Crippen LogP contribution in [0.25, 0.3) is 11.1 Å². The molecule has 4 aromatic carbocycles. The number of aldehydes is 1. The molecule has 55 heavy (non-hydrogen) atoms. The molecule has 10 heteroatoms. The lowest BCUT2D eigenvalue weighted by Crippen LogP contribution is -2.52. The van der Waals surface area contributed by atoms with Crippen molar-refractivity contribution < 1.29 is 24.3 Å². The number of carbonyl (C=O) groups is 4. The maximum Gasteiger partial charge on any atom is 0.255 e. The van der Waals surface area contributed by atoms with E-state index in [1.54, 1.807) is 17.0 Å². The van der Waals surface area contributed by atoms with Crippen LogP contribution in [0.15, 0.2) is 97.1 Å². The van der Waals surface area contributed by atoms with E-state index in [0.717, 1.165) is 99.3 Å². The summed E-state index contributed by atoms with van der Waals surface area (Å²) >= 11 is 0. The predicted octanol–water partition coefficient (Wildman–Crippen LogP) is 5.74. The van der Waals surface area contributed by atoms with Crippen LogP contribution in [0.2, 0.25) is 0 Å². The number of carbonyl (C=O) groups excluding carboxylic acids is 4. The minimum atomic E-state index is -0.619. The zero-order valence-corrected chi connectivity index (χ0v) is 31.0. The molecule has 0 aliphatic carbocycles. The molecule has 0 aromatic heterocycles. The SMILES string of the molecule is O=CC1CCN(c2ccc(/C(=C(/CCN3CCN(c4ccc5c(c4)CN([C@H]4CCC(=O)NC4=O)C5=O)CC3)c3ccccc3)c3ccc(O)cc3)cc2)CC1. The van der Waals surface area contributed by atoms with Gasteiger partial charge >= 0.3 is 0 Å². The molecule has 3 fully saturated rings. The van der Waals surface area contributed by atoms with Crippen LogP contribution in [0.4, 0.5) is 11.4 Å². The van der Waals surface area contributed by atoms with Gasteiger partial charge in [-0.25, -0.2) is 0 Å². The van der Waals surface area contributed by atoms with Gasteiger partial charge in [0.1, 0.15) is 18.1 Å². The van der Waals surface area contributed by atoms with Gasteiger partial charge in [0.15, 0.2) is 0 Å². The highest BCUT2D eigenvalue weighted by atomic mass is 16.3. The van der Waals surface area contributed by atoms with Crippen LogP contribution in [0.3, 0.4) is 0 Å². The number of phenolic OH excluding ortho intramolecular Hbond substituents is 1. The molecule has 3 amide bonds. The first-order valence-corrected chi connectivity index (χ1v) is 19.5. The summed E-state index contributed by atoms with van der Waals surface area (Å²) in [7, 11) is 0. The summed E-state index contributed by atoms with van der Waals surface area (Å²) in [6.45, 7) is 6.49. The number of nitrogens with zero attached hydrogens (tertiary/aromatic N) is 4. The van der Waals surface area contributed by atoms with E-state index in [1.165, 1.54) is 16.8 Å². The molecule has 3 saturated heterocycles. The average Bonchev–Trinajstić information content (AvgIpc) is 3.55. The zero-order valence-electron chi connectivity index (χ0n) is 31.0. The van der Waals surface area contributed by atoms with Crippen molar-refractivity contribution in [1.29, 1.82) is 0 Å². The van der Waals surface area contributed by atoms with Gasteiger partial charge in [0.2, 0.25) is 11.8 Å². The molecule has 0 radical (unpaired) electrons. The highest BCUT2D eigenvalue weighted by molar-refractivity contribution is 6.05. The number of amides is 3. The Morgan fingerprint density at radius 1 is 0.727 bits per heavy atom. The molecule has 0 spiro atoms. The summed E-state index contributed by atoms with van der Waals surface area (Å²) in [6, 6.07) is 32.3. The number of rotatable bonds is 10. The van der Waals surface area contributed by atoms with E-state index in [9.17, 15) is 24.3 Å². The Hall–Kier alpha value is -5.74. The maximum atomic E-state index is 13.2. The molecule has 0 bridgehead atoms. The van der Waals surface area contributed by atoms with Crippen LogP contribution in [0.1, 0.15) is 64.7 Å². The minimum absolute atomic E-state index is 0.151. The number of imide groups is 1. The van der Waals surface area contributed by atoms with Gasteiger partial charge in [0, 0.05) is 81.6 Å². The van der Waals surface area contributed by atoms with Crippen molar-refractivity contribution in [1.82, 2.24) is 15.1 Å². The van der Waals surface area contributed by atoms with Crippen LogP contribution in [-0.4, -0.2) is 90.8 Å². The van der Waals surface area contributed by atoms with Gasteiger partial charge in [-0.15, -0.1) is 0 Å². The maximum absolute atomic E-state index is 13.2. The van der Waals surface area contributed by atoms with E-state index in [4.69, 9.17) is 0 Å². The van der Waals surface area contributed by atoms with Crippen molar-refractivity contribution in [3.8, 4) is 5.75 Å². The standard InChI is InChI=1S/C45H47N5O5/c51-30-31-18-22-48(23-19-31)36-10-6-33(7-11-36)43(34-8-13-38(52)14-9-34)39(32-4-2-1-3-5-32)20-21-47-24-26-49(27-25-47)37-12-15-40-35(28-37)29-50(45(40)55)41-16-17-42(53)46-44(41)54/h1-15,28,30-31,41,52H,16-27,29H2,(H,46,53,54)/b43-39+/t41-/m0/s1. The minimum Gasteiger partial charge on any atom is -0.508 e. The second-order valence-corrected chi connectivity index (χ2v) is 15.1. The smallest absolute Gasteiger partial charge is 0.255 e. The van der Waals surface area contributed by atoms with Crippen molar-refractivity contribution in [2.75, 3.05) is 55.6 Å². The van der Waals surface area contributed by atoms with Crippen molar-refractivity contribution in [3.05, 3.63) is 125 Å². The van der Waals surface area contributed by atoms with E-state index in [0.29, 0.717) is 18.5 Å². The molecule has 4 aliphatic heterocycles. The molecule has 0 unspecified atom stereocenters. The topological polar surface area (TPSA) is 114 Å². The molecular weight excluding hydrogens is 691 g/mol. The first-order valence-electron chi connectivity index (χ1n) is 19.5. The third-order valence-corrected chi connectivity index (χ3v) is 11.8. The summed E-state index contributed by atoms with van der Waals surface area (Å²) in [5.41, 5.74) is 9.52. The third kappa shape index (κ3) is 7.77. The molecular formula is C45H47N5O5. The molecule has 4 aliphatic rings. The number of aromatic hydroxyl groups is 1. The molecule has 4 heterocycles. The quantitative estimate of drug-likeness (QED) is 0.121. The molecule has 10 nitrogen and oxygen atoms in total. The van der Waals surface area contributed by atoms with E-state index < -0.39 is 11.9 Å². The summed E-state index contributed by atoms with van der Waals surface area (Å²) in [5.74, 6) is -0.441. The van der Waals surface area contributed by atoms with E-state index >= 15 is 0 Å². The Balaban J connectivity index is 0.987. The van der Waals surface area contributed by atoms with Crippen molar-refractivity contribution in [2.45, 2.75) is 44.7 Å². The number of fused-ring (bicyclic) bond motifs is 1. The predicted molar refractivity (Wildman–Crippen MR) is 214 cm³/mol. The van der Waals surface area contributed by atoms with Gasteiger partial charge in [-0.05, 0) is 102 Å². The average molecular weight is 738 g/mol. The summed E-state index contributed by atoms with van der Waals surface area (Å²) in [6.07, 6.45) is 4.29. The van der Waals surface area contributed by atoms with E-state index in [-0.39, 0.29) is 29.9 Å². The van der Waals surface area contributed by atoms with Crippen LogP contribution >= 0.6 is 0 Å².